The molecule has 1 aromatic carbocycles. The number of pyridine rings is 1. The zero-order valence-corrected chi connectivity index (χ0v) is 14.8. The van der Waals surface area contributed by atoms with Gasteiger partial charge in [0.25, 0.3) is 0 Å². The van der Waals surface area contributed by atoms with Crippen LogP contribution in [0.15, 0.2) is 59.5 Å². The smallest absolute Gasteiger partial charge is 0.247 e. The Bertz CT molecular complexity index is 796. The van der Waals surface area contributed by atoms with Crippen molar-refractivity contribution in [3.63, 3.8) is 0 Å². The first kappa shape index (κ1) is 16.3. The molecule has 0 bridgehead atoms. The van der Waals surface area contributed by atoms with Crippen LogP contribution in [0.1, 0.15) is 5.56 Å². The Morgan fingerprint density at radius 2 is 2.00 bits per heavy atom. The minimum absolute atomic E-state index is 0.587. The molecule has 1 N–H and O–H groups in total. The SMILES string of the molecule is CN(CCc1ccncc1)c1nncc(Nc2cccc(Br)c2)n1. The van der Waals surface area contributed by atoms with Crippen molar-refractivity contribution in [2.75, 3.05) is 23.8 Å². The van der Waals surface area contributed by atoms with Gasteiger partial charge < -0.3 is 10.2 Å². The molecule has 2 heterocycles. The molecule has 0 aliphatic rings. The predicted molar refractivity (Wildman–Crippen MR) is 98.5 cm³/mol. The van der Waals surface area contributed by atoms with E-state index in [0.29, 0.717) is 11.8 Å². The lowest BCUT2D eigenvalue weighted by molar-refractivity contribution is 0.812. The number of hydrogen-bond donors (Lipinski definition) is 1. The largest absolute Gasteiger partial charge is 0.342 e. The Labute approximate surface area is 149 Å². The first-order valence-corrected chi connectivity index (χ1v) is 8.32. The number of halogens is 1. The highest BCUT2D eigenvalue weighted by atomic mass is 79.9. The summed E-state index contributed by atoms with van der Waals surface area (Å²) in [6.07, 6.45) is 6.11. The van der Waals surface area contributed by atoms with Gasteiger partial charge in [-0.1, -0.05) is 22.0 Å². The Morgan fingerprint density at radius 3 is 2.79 bits per heavy atom. The fraction of sp³-hybridized carbons (Fsp3) is 0.176. The maximum Gasteiger partial charge on any atom is 0.247 e. The average Bonchev–Trinajstić information content (AvgIpc) is 2.61. The van der Waals surface area contributed by atoms with Crippen molar-refractivity contribution in [1.29, 1.82) is 0 Å². The fourth-order valence-corrected chi connectivity index (χ4v) is 2.58. The summed E-state index contributed by atoms with van der Waals surface area (Å²) < 4.78 is 1.00. The second-order valence-corrected chi connectivity index (χ2v) is 6.22. The van der Waals surface area contributed by atoms with Gasteiger partial charge in [0.1, 0.15) is 0 Å². The predicted octanol–water partition coefficient (Wildman–Crippen LogP) is 3.45. The van der Waals surface area contributed by atoms with Gasteiger partial charge in [0.05, 0.1) is 6.20 Å². The van der Waals surface area contributed by atoms with Crippen LogP contribution in [0.4, 0.5) is 17.5 Å². The molecule has 0 aliphatic carbocycles. The molecule has 24 heavy (non-hydrogen) atoms. The molecular formula is C17H17BrN6. The summed E-state index contributed by atoms with van der Waals surface area (Å²) in [5.41, 5.74) is 2.17. The first-order chi connectivity index (χ1) is 11.7. The maximum atomic E-state index is 4.52. The van der Waals surface area contributed by atoms with Crippen LogP contribution >= 0.6 is 15.9 Å². The maximum absolute atomic E-state index is 4.52. The number of hydrogen-bond acceptors (Lipinski definition) is 6. The highest BCUT2D eigenvalue weighted by molar-refractivity contribution is 9.10. The Balaban J connectivity index is 1.66. The van der Waals surface area contributed by atoms with Gasteiger partial charge in [-0.15, -0.1) is 5.10 Å². The van der Waals surface area contributed by atoms with Gasteiger partial charge in [-0.2, -0.15) is 10.1 Å². The van der Waals surface area contributed by atoms with E-state index in [1.54, 1.807) is 18.6 Å². The van der Waals surface area contributed by atoms with Crippen molar-refractivity contribution in [2.24, 2.45) is 0 Å². The molecule has 122 valence electrons. The number of rotatable bonds is 6. The molecule has 0 fully saturated rings. The van der Waals surface area contributed by atoms with E-state index in [4.69, 9.17) is 0 Å². The summed E-state index contributed by atoms with van der Waals surface area (Å²) in [5.74, 6) is 1.25. The van der Waals surface area contributed by atoms with Crippen LogP contribution in [-0.2, 0) is 6.42 Å². The molecule has 0 spiro atoms. The topological polar surface area (TPSA) is 66.8 Å². The molecule has 0 atom stereocenters. The van der Waals surface area contributed by atoms with E-state index >= 15 is 0 Å². The molecule has 0 radical (unpaired) electrons. The van der Waals surface area contributed by atoms with Gasteiger partial charge in [0.15, 0.2) is 5.82 Å². The zero-order chi connectivity index (χ0) is 16.8. The van der Waals surface area contributed by atoms with E-state index in [9.17, 15) is 0 Å². The normalized spacial score (nSPS) is 10.4. The van der Waals surface area contributed by atoms with Gasteiger partial charge in [-0.05, 0) is 42.3 Å². The van der Waals surface area contributed by atoms with E-state index in [1.807, 2.05) is 48.3 Å². The minimum Gasteiger partial charge on any atom is -0.342 e. The van der Waals surface area contributed by atoms with Crippen LogP contribution in [0.5, 0.6) is 0 Å². The van der Waals surface area contributed by atoms with Crippen LogP contribution in [0.2, 0.25) is 0 Å². The summed E-state index contributed by atoms with van der Waals surface area (Å²) >= 11 is 3.45. The van der Waals surface area contributed by atoms with Gasteiger partial charge in [-0.25, -0.2) is 0 Å². The molecule has 0 saturated carbocycles. The van der Waals surface area contributed by atoms with Gasteiger partial charge in [0.2, 0.25) is 5.95 Å². The standard InChI is InChI=1S/C17H17BrN6/c1-24(10-7-13-5-8-19-9-6-13)17-22-16(12-20-23-17)21-15-4-2-3-14(18)11-15/h2-6,8-9,11-12H,7,10H2,1H3,(H,21,22,23). The van der Waals surface area contributed by atoms with E-state index in [0.717, 1.165) is 23.1 Å². The summed E-state index contributed by atoms with van der Waals surface area (Å²) in [4.78, 5) is 10.5. The highest BCUT2D eigenvalue weighted by Crippen LogP contribution is 2.19. The number of aromatic nitrogens is 4. The Morgan fingerprint density at radius 1 is 1.17 bits per heavy atom. The van der Waals surface area contributed by atoms with Crippen molar-refractivity contribution in [2.45, 2.75) is 6.42 Å². The van der Waals surface area contributed by atoms with Crippen LogP contribution in [-0.4, -0.2) is 33.8 Å². The summed E-state index contributed by atoms with van der Waals surface area (Å²) in [7, 11) is 1.96. The molecule has 0 amide bonds. The highest BCUT2D eigenvalue weighted by Gasteiger charge is 2.07. The fourth-order valence-electron chi connectivity index (χ4n) is 2.18. The minimum atomic E-state index is 0.587. The zero-order valence-electron chi connectivity index (χ0n) is 13.2. The van der Waals surface area contributed by atoms with E-state index in [-0.39, 0.29) is 0 Å². The first-order valence-electron chi connectivity index (χ1n) is 7.53. The van der Waals surface area contributed by atoms with Crippen LogP contribution in [0.3, 0.4) is 0 Å². The second-order valence-electron chi connectivity index (χ2n) is 5.30. The average molecular weight is 385 g/mol. The molecule has 2 aromatic heterocycles. The van der Waals surface area contributed by atoms with Crippen LogP contribution in [0.25, 0.3) is 0 Å². The summed E-state index contributed by atoms with van der Waals surface area (Å²) in [6, 6.07) is 11.9. The van der Waals surface area contributed by atoms with Crippen molar-refractivity contribution in [3.8, 4) is 0 Å². The molecule has 3 rings (SSSR count). The van der Waals surface area contributed by atoms with Crippen LogP contribution in [0, 0.1) is 0 Å². The monoisotopic (exact) mass is 384 g/mol. The number of nitrogens with one attached hydrogen (secondary N) is 1. The lowest BCUT2D eigenvalue weighted by Crippen LogP contribution is -2.23. The lowest BCUT2D eigenvalue weighted by Gasteiger charge is -2.17. The summed E-state index contributed by atoms with van der Waals surface area (Å²) in [6.45, 7) is 0.798. The van der Waals surface area contributed by atoms with Gasteiger partial charge in [-0.3, -0.25) is 4.98 Å². The Hall–Kier alpha value is -2.54. The molecule has 3 aromatic rings. The third kappa shape index (κ3) is 4.48. The van der Waals surface area contributed by atoms with Crippen molar-refractivity contribution in [1.82, 2.24) is 20.2 Å². The quantitative estimate of drug-likeness (QED) is 0.701. The molecule has 0 unspecified atom stereocenters. The van der Waals surface area contributed by atoms with Crippen molar-refractivity contribution < 1.29 is 0 Å². The third-order valence-corrected chi connectivity index (χ3v) is 3.96. The number of anilines is 3. The van der Waals surface area contributed by atoms with E-state index in [2.05, 4.69) is 41.4 Å². The van der Waals surface area contributed by atoms with E-state index < -0.39 is 0 Å². The lowest BCUT2D eigenvalue weighted by atomic mass is 10.2. The van der Waals surface area contributed by atoms with Crippen molar-refractivity contribution >= 4 is 33.4 Å². The van der Waals surface area contributed by atoms with Crippen molar-refractivity contribution in [3.05, 3.63) is 65.0 Å². The van der Waals surface area contributed by atoms with Gasteiger partial charge >= 0.3 is 0 Å². The molecule has 6 nitrogen and oxygen atoms in total. The molecule has 7 heteroatoms. The molecule has 0 saturated heterocycles. The van der Waals surface area contributed by atoms with Gasteiger partial charge in [0, 0.05) is 36.1 Å². The van der Waals surface area contributed by atoms with Crippen LogP contribution < -0.4 is 10.2 Å². The molecule has 0 aliphatic heterocycles. The summed E-state index contributed by atoms with van der Waals surface area (Å²) in [5, 5.41) is 11.4. The number of nitrogens with zero attached hydrogens (tertiary/aromatic N) is 5. The number of likely N-dealkylation sites (N-methyl/N-ethyl adjacent to an activating group) is 1. The second kappa shape index (κ2) is 7.83. The van der Waals surface area contributed by atoms with E-state index in [1.165, 1.54) is 5.56 Å². The molecular weight excluding hydrogens is 368 g/mol. The Kier molecular flexibility index (Phi) is 5.32. The number of benzene rings is 1. The third-order valence-electron chi connectivity index (χ3n) is 3.47.